The average Bonchev–Trinajstić information content (AvgIpc) is 2.55. The summed E-state index contributed by atoms with van der Waals surface area (Å²) in [5.74, 6) is 0.692. The lowest BCUT2D eigenvalue weighted by atomic mass is 9.99. The second-order valence-corrected chi connectivity index (χ2v) is 7.06. The number of hydrogen-bond acceptors (Lipinski definition) is 3. The Hall–Kier alpha value is -1.78. The van der Waals surface area contributed by atoms with E-state index in [4.69, 9.17) is 23.2 Å². The van der Waals surface area contributed by atoms with Crippen molar-refractivity contribution in [2.24, 2.45) is 5.92 Å². The molecule has 1 aliphatic rings. The monoisotopic (exact) mass is 363 g/mol. The minimum Gasteiger partial charge on any atom is -0.354 e. The zero-order chi connectivity index (χ0) is 17.1. The molecule has 0 bridgehead atoms. The molecule has 2 aromatic rings. The number of benzene rings is 1. The molecule has 0 radical (unpaired) electrons. The highest BCUT2D eigenvalue weighted by Crippen LogP contribution is 2.25. The molecule has 0 spiro atoms. The normalized spacial score (nSPS) is 15.4. The molecular weight excluding hydrogens is 345 g/mol. The van der Waals surface area contributed by atoms with E-state index in [1.807, 2.05) is 11.0 Å². The van der Waals surface area contributed by atoms with E-state index in [-0.39, 0.29) is 5.91 Å². The number of pyridine rings is 1. The Bertz CT molecular complexity index is 705. The first-order valence-corrected chi connectivity index (χ1v) is 8.75. The SMILES string of the molecule is CC1CCN(C(=O)c2ccc(Nc3cc(Cl)cc(Cl)c3)cn2)CC1. The second kappa shape index (κ2) is 7.41. The minimum absolute atomic E-state index is 0.000694. The number of carbonyl (C=O) groups is 1. The number of carbonyl (C=O) groups excluding carboxylic acids is 1. The Balaban J connectivity index is 1.67. The number of hydrogen-bond donors (Lipinski definition) is 1. The van der Waals surface area contributed by atoms with Crippen molar-refractivity contribution < 1.29 is 4.79 Å². The van der Waals surface area contributed by atoms with Crippen LogP contribution < -0.4 is 5.32 Å². The third-order valence-electron chi connectivity index (χ3n) is 4.20. The van der Waals surface area contributed by atoms with Gasteiger partial charge in [0.05, 0.1) is 11.9 Å². The molecule has 0 unspecified atom stereocenters. The van der Waals surface area contributed by atoms with Crippen molar-refractivity contribution in [1.82, 2.24) is 9.88 Å². The Labute approximate surface area is 151 Å². The van der Waals surface area contributed by atoms with Crippen LogP contribution in [-0.4, -0.2) is 28.9 Å². The van der Waals surface area contributed by atoms with Crippen molar-refractivity contribution >= 4 is 40.5 Å². The molecule has 2 heterocycles. The first kappa shape index (κ1) is 17.1. The van der Waals surface area contributed by atoms with Crippen LogP contribution in [0.25, 0.3) is 0 Å². The van der Waals surface area contributed by atoms with E-state index < -0.39 is 0 Å². The van der Waals surface area contributed by atoms with Crippen LogP contribution in [0.1, 0.15) is 30.3 Å². The molecule has 1 amide bonds. The first-order chi connectivity index (χ1) is 11.5. The topological polar surface area (TPSA) is 45.2 Å². The fourth-order valence-electron chi connectivity index (χ4n) is 2.76. The summed E-state index contributed by atoms with van der Waals surface area (Å²) >= 11 is 12.0. The maximum atomic E-state index is 12.5. The maximum Gasteiger partial charge on any atom is 0.272 e. The smallest absolute Gasteiger partial charge is 0.272 e. The number of likely N-dealkylation sites (tertiary alicyclic amines) is 1. The van der Waals surface area contributed by atoms with E-state index in [1.165, 1.54) is 0 Å². The van der Waals surface area contributed by atoms with Gasteiger partial charge in [-0.3, -0.25) is 4.79 Å². The third kappa shape index (κ3) is 4.19. The van der Waals surface area contributed by atoms with Gasteiger partial charge in [0, 0.05) is 28.8 Å². The third-order valence-corrected chi connectivity index (χ3v) is 4.64. The van der Waals surface area contributed by atoms with Crippen LogP contribution in [0.2, 0.25) is 10.0 Å². The number of anilines is 2. The van der Waals surface area contributed by atoms with Gasteiger partial charge in [-0.1, -0.05) is 30.1 Å². The first-order valence-electron chi connectivity index (χ1n) is 8.00. The van der Waals surface area contributed by atoms with Gasteiger partial charge < -0.3 is 10.2 Å². The standard InChI is InChI=1S/C18H19Cl2N3O/c1-12-4-6-23(7-5-12)18(24)17-3-2-15(11-21-17)22-16-9-13(19)8-14(20)10-16/h2-3,8-12,22H,4-7H2,1H3. The lowest BCUT2D eigenvalue weighted by Gasteiger charge is -2.30. The summed E-state index contributed by atoms with van der Waals surface area (Å²) in [5, 5.41) is 4.30. The van der Waals surface area contributed by atoms with Crippen LogP contribution in [0.5, 0.6) is 0 Å². The summed E-state index contributed by atoms with van der Waals surface area (Å²) in [6.07, 6.45) is 3.76. The number of rotatable bonds is 3. The zero-order valence-corrected chi connectivity index (χ0v) is 14.9. The second-order valence-electron chi connectivity index (χ2n) is 6.19. The molecule has 1 aliphatic heterocycles. The highest BCUT2D eigenvalue weighted by molar-refractivity contribution is 6.35. The Morgan fingerprint density at radius 1 is 1.12 bits per heavy atom. The van der Waals surface area contributed by atoms with Crippen LogP contribution in [0.15, 0.2) is 36.5 Å². The van der Waals surface area contributed by atoms with Gasteiger partial charge in [0.2, 0.25) is 0 Å². The van der Waals surface area contributed by atoms with Crippen molar-refractivity contribution in [1.29, 1.82) is 0 Å². The van der Waals surface area contributed by atoms with Gasteiger partial charge in [-0.25, -0.2) is 4.98 Å². The van der Waals surface area contributed by atoms with E-state index in [0.29, 0.717) is 21.7 Å². The molecule has 1 fully saturated rings. The van der Waals surface area contributed by atoms with E-state index >= 15 is 0 Å². The number of piperidine rings is 1. The Morgan fingerprint density at radius 2 is 1.79 bits per heavy atom. The molecule has 0 saturated carbocycles. The Kier molecular flexibility index (Phi) is 5.27. The zero-order valence-electron chi connectivity index (χ0n) is 13.4. The summed E-state index contributed by atoms with van der Waals surface area (Å²) in [6.45, 7) is 3.84. The summed E-state index contributed by atoms with van der Waals surface area (Å²) in [6, 6.07) is 8.81. The summed E-state index contributed by atoms with van der Waals surface area (Å²) in [4.78, 5) is 18.6. The van der Waals surface area contributed by atoms with Gasteiger partial charge in [-0.05, 0) is 49.1 Å². The van der Waals surface area contributed by atoms with Gasteiger partial charge in [0.1, 0.15) is 5.69 Å². The predicted octanol–water partition coefficient (Wildman–Crippen LogP) is 5.00. The lowest BCUT2D eigenvalue weighted by molar-refractivity contribution is 0.0691. The number of halogens is 2. The molecule has 0 aliphatic carbocycles. The Morgan fingerprint density at radius 3 is 2.38 bits per heavy atom. The fourth-order valence-corrected chi connectivity index (χ4v) is 3.29. The number of nitrogens with one attached hydrogen (secondary N) is 1. The van der Waals surface area contributed by atoms with Crippen LogP contribution in [0.4, 0.5) is 11.4 Å². The van der Waals surface area contributed by atoms with E-state index in [2.05, 4.69) is 17.2 Å². The summed E-state index contributed by atoms with van der Waals surface area (Å²) in [7, 11) is 0. The molecule has 1 aromatic carbocycles. The molecule has 1 aromatic heterocycles. The fraction of sp³-hybridized carbons (Fsp3) is 0.333. The quantitative estimate of drug-likeness (QED) is 0.833. The number of nitrogens with zero attached hydrogens (tertiary/aromatic N) is 2. The van der Waals surface area contributed by atoms with Crippen molar-refractivity contribution in [3.05, 3.63) is 52.3 Å². The highest BCUT2D eigenvalue weighted by Gasteiger charge is 2.22. The lowest BCUT2D eigenvalue weighted by Crippen LogP contribution is -2.38. The average molecular weight is 364 g/mol. The molecule has 24 heavy (non-hydrogen) atoms. The van der Waals surface area contributed by atoms with Gasteiger partial charge in [-0.15, -0.1) is 0 Å². The molecule has 3 rings (SSSR count). The van der Waals surface area contributed by atoms with Gasteiger partial charge in [0.15, 0.2) is 0 Å². The molecular formula is C18H19Cl2N3O. The summed E-state index contributed by atoms with van der Waals surface area (Å²) < 4.78 is 0. The molecule has 0 atom stereocenters. The molecule has 1 N–H and O–H groups in total. The molecule has 4 nitrogen and oxygen atoms in total. The van der Waals surface area contributed by atoms with Gasteiger partial charge in [0.25, 0.3) is 5.91 Å². The van der Waals surface area contributed by atoms with Crippen molar-refractivity contribution in [2.75, 3.05) is 18.4 Å². The van der Waals surface area contributed by atoms with Gasteiger partial charge in [-0.2, -0.15) is 0 Å². The minimum atomic E-state index is -0.000694. The van der Waals surface area contributed by atoms with Crippen LogP contribution in [-0.2, 0) is 0 Å². The predicted molar refractivity (Wildman–Crippen MR) is 98.3 cm³/mol. The number of amides is 1. The molecule has 126 valence electrons. The van der Waals surface area contributed by atoms with Crippen LogP contribution in [0.3, 0.4) is 0 Å². The largest absolute Gasteiger partial charge is 0.354 e. The highest BCUT2D eigenvalue weighted by atomic mass is 35.5. The number of aromatic nitrogens is 1. The van der Waals surface area contributed by atoms with E-state index in [0.717, 1.165) is 37.3 Å². The van der Waals surface area contributed by atoms with Crippen molar-refractivity contribution in [3.8, 4) is 0 Å². The summed E-state index contributed by atoms with van der Waals surface area (Å²) in [5.41, 5.74) is 2.02. The van der Waals surface area contributed by atoms with Crippen molar-refractivity contribution in [2.45, 2.75) is 19.8 Å². The van der Waals surface area contributed by atoms with Gasteiger partial charge >= 0.3 is 0 Å². The maximum absolute atomic E-state index is 12.5. The van der Waals surface area contributed by atoms with E-state index in [1.54, 1.807) is 30.5 Å². The van der Waals surface area contributed by atoms with E-state index in [9.17, 15) is 4.79 Å². The van der Waals surface area contributed by atoms with Crippen LogP contribution in [0, 0.1) is 5.92 Å². The molecule has 1 saturated heterocycles. The van der Waals surface area contributed by atoms with Crippen molar-refractivity contribution in [3.63, 3.8) is 0 Å². The van der Waals surface area contributed by atoms with Crippen LogP contribution >= 0.6 is 23.2 Å². The molecule has 6 heteroatoms.